The van der Waals surface area contributed by atoms with Gasteiger partial charge in [0.1, 0.15) is 5.82 Å². The standard InChI is InChI=1S/C12H15FN4O/c1-3-6-12(2,18)10-5-4-8(13)7-9(10)11-14-16-17-15-11/h4-5,7,18H,3,6H2,1-2H3,(H,14,15,16,17). The van der Waals surface area contributed by atoms with Crippen molar-refractivity contribution < 1.29 is 9.50 Å². The fourth-order valence-corrected chi connectivity index (χ4v) is 2.08. The van der Waals surface area contributed by atoms with Gasteiger partial charge in [0.2, 0.25) is 0 Å². The van der Waals surface area contributed by atoms with Crippen LogP contribution in [0, 0.1) is 5.82 Å². The van der Waals surface area contributed by atoms with Gasteiger partial charge in [-0.25, -0.2) is 9.49 Å². The third-order valence-electron chi connectivity index (χ3n) is 2.90. The second-order valence-corrected chi connectivity index (χ2v) is 4.46. The maximum atomic E-state index is 13.3. The lowest BCUT2D eigenvalue weighted by molar-refractivity contribution is 0.0474. The summed E-state index contributed by atoms with van der Waals surface area (Å²) in [5, 5.41) is 23.7. The molecule has 1 atom stereocenters. The van der Waals surface area contributed by atoms with Crippen molar-refractivity contribution in [3.05, 3.63) is 29.6 Å². The Morgan fingerprint density at radius 2 is 2.22 bits per heavy atom. The summed E-state index contributed by atoms with van der Waals surface area (Å²) in [5.74, 6) is -0.0432. The number of aromatic amines is 1. The third kappa shape index (κ3) is 2.38. The van der Waals surface area contributed by atoms with Crippen molar-refractivity contribution in [3.63, 3.8) is 0 Å². The summed E-state index contributed by atoms with van der Waals surface area (Å²) in [7, 11) is 0. The summed E-state index contributed by atoms with van der Waals surface area (Å²) < 4.78 is 13.3. The first-order chi connectivity index (χ1) is 8.54. The molecule has 1 aromatic heterocycles. The van der Waals surface area contributed by atoms with Crippen molar-refractivity contribution in [1.82, 2.24) is 20.6 Å². The van der Waals surface area contributed by atoms with Gasteiger partial charge < -0.3 is 5.11 Å². The zero-order valence-corrected chi connectivity index (χ0v) is 10.3. The van der Waals surface area contributed by atoms with Gasteiger partial charge >= 0.3 is 0 Å². The van der Waals surface area contributed by atoms with Crippen LogP contribution in [0.2, 0.25) is 0 Å². The lowest BCUT2D eigenvalue weighted by Gasteiger charge is -2.25. The van der Waals surface area contributed by atoms with Gasteiger partial charge in [0.15, 0.2) is 5.82 Å². The number of aromatic nitrogens is 4. The van der Waals surface area contributed by atoms with Gasteiger partial charge in [-0.15, -0.1) is 5.10 Å². The van der Waals surface area contributed by atoms with E-state index < -0.39 is 11.4 Å². The highest BCUT2D eigenvalue weighted by Crippen LogP contribution is 2.33. The van der Waals surface area contributed by atoms with E-state index in [9.17, 15) is 9.50 Å². The van der Waals surface area contributed by atoms with Crippen molar-refractivity contribution in [3.8, 4) is 11.4 Å². The van der Waals surface area contributed by atoms with E-state index in [2.05, 4.69) is 20.6 Å². The minimum absolute atomic E-state index is 0.348. The lowest BCUT2D eigenvalue weighted by atomic mass is 9.87. The van der Waals surface area contributed by atoms with Crippen molar-refractivity contribution >= 4 is 0 Å². The summed E-state index contributed by atoms with van der Waals surface area (Å²) in [5.41, 5.74) is 0.0626. The molecular formula is C12H15FN4O. The average molecular weight is 250 g/mol. The van der Waals surface area contributed by atoms with Crippen LogP contribution >= 0.6 is 0 Å². The van der Waals surface area contributed by atoms with Gasteiger partial charge in [0, 0.05) is 5.56 Å². The first kappa shape index (κ1) is 12.6. The van der Waals surface area contributed by atoms with E-state index in [4.69, 9.17) is 0 Å². The topological polar surface area (TPSA) is 74.7 Å². The normalized spacial score (nSPS) is 14.4. The van der Waals surface area contributed by atoms with Crippen LogP contribution in [0.15, 0.2) is 18.2 Å². The summed E-state index contributed by atoms with van der Waals surface area (Å²) in [6.45, 7) is 3.69. The van der Waals surface area contributed by atoms with Crippen LogP contribution < -0.4 is 0 Å². The Morgan fingerprint density at radius 1 is 1.44 bits per heavy atom. The lowest BCUT2D eigenvalue weighted by Crippen LogP contribution is -2.22. The SMILES string of the molecule is CCCC(C)(O)c1ccc(F)cc1-c1nnn[nH]1. The van der Waals surface area contributed by atoms with Gasteiger partial charge in [-0.1, -0.05) is 19.4 Å². The first-order valence-corrected chi connectivity index (χ1v) is 5.81. The van der Waals surface area contributed by atoms with E-state index in [1.807, 2.05) is 6.92 Å². The smallest absolute Gasteiger partial charge is 0.179 e. The summed E-state index contributed by atoms with van der Waals surface area (Å²) in [6.07, 6.45) is 1.39. The van der Waals surface area contributed by atoms with Crippen molar-refractivity contribution in [2.75, 3.05) is 0 Å². The Labute approximate surface area is 104 Å². The number of hydrogen-bond donors (Lipinski definition) is 2. The molecule has 0 saturated carbocycles. The molecular weight excluding hydrogens is 235 g/mol. The molecule has 0 spiro atoms. The molecule has 1 aromatic carbocycles. The minimum atomic E-state index is -1.04. The summed E-state index contributed by atoms with van der Waals surface area (Å²) >= 11 is 0. The number of tetrazole rings is 1. The zero-order chi connectivity index (χ0) is 13.2. The molecule has 1 heterocycles. The Balaban J connectivity index is 2.54. The van der Waals surface area contributed by atoms with Crippen LogP contribution in [0.1, 0.15) is 32.3 Å². The van der Waals surface area contributed by atoms with Crippen molar-refractivity contribution in [1.29, 1.82) is 0 Å². The molecule has 96 valence electrons. The van der Waals surface area contributed by atoms with Crippen LogP contribution in [0.4, 0.5) is 4.39 Å². The molecule has 5 nitrogen and oxygen atoms in total. The average Bonchev–Trinajstić information content (AvgIpc) is 2.81. The molecule has 0 aliphatic heterocycles. The van der Waals surface area contributed by atoms with E-state index in [0.717, 1.165) is 6.42 Å². The van der Waals surface area contributed by atoms with Gasteiger partial charge in [0.25, 0.3) is 0 Å². The molecule has 1 unspecified atom stereocenters. The first-order valence-electron chi connectivity index (χ1n) is 5.81. The molecule has 0 amide bonds. The largest absolute Gasteiger partial charge is 0.385 e. The maximum absolute atomic E-state index is 13.3. The Kier molecular flexibility index (Phi) is 3.38. The number of hydrogen-bond acceptors (Lipinski definition) is 4. The maximum Gasteiger partial charge on any atom is 0.179 e. The molecule has 18 heavy (non-hydrogen) atoms. The number of rotatable bonds is 4. The zero-order valence-electron chi connectivity index (χ0n) is 10.3. The third-order valence-corrected chi connectivity index (χ3v) is 2.90. The number of aliphatic hydroxyl groups is 1. The van der Waals surface area contributed by atoms with Gasteiger partial charge in [-0.05, 0) is 41.5 Å². The van der Waals surface area contributed by atoms with Gasteiger partial charge in [-0.3, -0.25) is 0 Å². The highest BCUT2D eigenvalue weighted by molar-refractivity contribution is 5.61. The summed E-state index contributed by atoms with van der Waals surface area (Å²) in [4.78, 5) is 0. The number of H-pyrrole nitrogens is 1. The van der Waals surface area contributed by atoms with Crippen LogP contribution in [0.5, 0.6) is 0 Å². The van der Waals surface area contributed by atoms with E-state index in [0.29, 0.717) is 23.4 Å². The fourth-order valence-electron chi connectivity index (χ4n) is 2.08. The van der Waals surface area contributed by atoms with Crippen LogP contribution in [-0.2, 0) is 5.60 Å². The Hall–Kier alpha value is -1.82. The molecule has 0 bridgehead atoms. The van der Waals surface area contributed by atoms with E-state index in [1.165, 1.54) is 12.1 Å². The van der Waals surface area contributed by atoms with Gasteiger partial charge in [0.05, 0.1) is 5.60 Å². The van der Waals surface area contributed by atoms with E-state index in [-0.39, 0.29) is 0 Å². The van der Waals surface area contributed by atoms with Crippen molar-refractivity contribution in [2.24, 2.45) is 0 Å². The quantitative estimate of drug-likeness (QED) is 0.870. The second-order valence-electron chi connectivity index (χ2n) is 4.46. The molecule has 0 saturated heterocycles. The number of benzene rings is 1. The molecule has 2 aromatic rings. The highest BCUT2D eigenvalue weighted by atomic mass is 19.1. The van der Waals surface area contributed by atoms with E-state index >= 15 is 0 Å². The van der Waals surface area contributed by atoms with Crippen LogP contribution in [-0.4, -0.2) is 25.7 Å². The van der Waals surface area contributed by atoms with Crippen LogP contribution in [0.25, 0.3) is 11.4 Å². The molecule has 0 aliphatic carbocycles. The summed E-state index contributed by atoms with van der Waals surface area (Å²) in [6, 6.07) is 4.22. The predicted octanol–water partition coefficient (Wildman–Crippen LogP) is 2.01. The number of nitrogens with zero attached hydrogens (tertiary/aromatic N) is 3. The van der Waals surface area contributed by atoms with Crippen molar-refractivity contribution in [2.45, 2.75) is 32.3 Å². The molecule has 0 radical (unpaired) electrons. The minimum Gasteiger partial charge on any atom is -0.385 e. The highest BCUT2D eigenvalue weighted by Gasteiger charge is 2.26. The van der Waals surface area contributed by atoms with E-state index in [1.54, 1.807) is 13.0 Å². The second kappa shape index (κ2) is 4.81. The number of nitrogens with one attached hydrogen (secondary N) is 1. The molecule has 2 rings (SSSR count). The predicted molar refractivity (Wildman–Crippen MR) is 64.1 cm³/mol. The molecule has 2 N–H and O–H groups in total. The Bertz CT molecular complexity index is 525. The monoisotopic (exact) mass is 250 g/mol. The van der Waals surface area contributed by atoms with Gasteiger partial charge in [-0.2, -0.15) is 0 Å². The Morgan fingerprint density at radius 3 is 2.83 bits per heavy atom. The molecule has 0 aliphatic rings. The molecule has 6 heteroatoms. The molecule has 0 fully saturated rings. The fraction of sp³-hybridized carbons (Fsp3) is 0.417. The number of halogens is 1. The van der Waals surface area contributed by atoms with Crippen LogP contribution in [0.3, 0.4) is 0 Å².